The number of rotatable bonds is 2. The van der Waals surface area contributed by atoms with Gasteiger partial charge >= 0.3 is 0 Å². The third-order valence-corrected chi connectivity index (χ3v) is 6.36. The number of hydrogen-bond donors (Lipinski definition) is 2. The molecule has 6 nitrogen and oxygen atoms in total. The maximum atomic E-state index is 12.5. The highest BCUT2D eigenvalue weighted by molar-refractivity contribution is 7.89. The molecular weight excluding hydrogens is 326 g/mol. The van der Waals surface area contributed by atoms with Crippen LogP contribution in [0.5, 0.6) is 0 Å². The molecule has 0 saturated carbocycles. The first-order chi connectivity index (χ1) is 11.5. The van der Waals surface area contributed by atoms with Crippen molar-refractivity contribution in [3.63, 3.8) is 0 Å². The van der Waals surface area contributed by atoms with E-state index in [1.54, 1.807) is 12.1 Å². The summed E-state index contributed by atoms with van der Waals surface area (Å²) in [6, 6.07) is 11.0. The van der Waals surface area contributed by atoms with Crippen molar-refractivity contribution in [1.82, 2.24) is 9.62 Å². The summed E-state index contributed by atoms with van der Waals surface area (Å²) in [5.41, 5.74) is 0.0920. The second kappa shape index (κ2) is 5.61. The molecule has 0 bridgehead atoms. The molecule has 1 aromatic heterocycles. The maximum absolute atomic E-state index is 12.5. The lowest BCUT2D eigenvalue weighted by Gasteiger charge is -2.45. The second-order valence-corrected chi connectivity index (χ2v) is 8.25. The van der Waals surface area contributed by atoms with E-state index in [0.717, 1.165) is 31.2 Å². The molecule has 2 aliphatic rings. The number of benzene rings is 1. The SMILES string of the molecule is Cc1ccc(CN2CCC3(CC2)Nc2ccccc2S(=O)(=O)N3)o1. The van der Waals surface area contributed by atoms with Crippen LogP contribution in [0.1, 0.15) is 24.4 Å². The summed E-state index contributed by atoms with van der Waals surface area (Å²) in [5.74, 6) is 1.86. The molecule has 1 fully saturated rings. The number of para-hydroxylation sites is 1. The first kappa shape index (κ1) is 15.7. The molecule has 2 N–H and O–H groups in total. The predicted octanol–water partition coefficient (Wildman–Crippen LogP) is 2.28. The lowest BCUT2D eigenvalue weighted by molar-refractivity contribution is 0.149. The third-order valence-electron chi connectivity index (χ3n) is 4.77. The van der Waals surface area contributed by atoms with Crippen LogP contribution in [0.25, 0.3) is 0 Å². The molecule has 3 heterocycles. The van der Waals surface area contributed by atoms with Crippen LogP contribution in [0.3, 0.4) is 0 Å². The van der Waals surface area contributed by atoms with Crippen molar-refractivity contribution >= 4 is 15.7 Å². The van der Waals surface area contributed by atoms with E-state index in [9.17, 15) is 8.42 Å². The topological polar surface area (TPSA) is 74.6 Å². The molecule has 24 heavy (non-hydrogen) atoms. The van der Waals surface area contributed by atoms with Gasteiger partial charge in [-0.2, -0.15) is 4.72 Å². The monoisotopic (exact) mass is 347 g/mol. The summed E-state index contributed by atoms with van der Waals surface area (Å²) in [7, 11) is -3.47. The van der Waals surface area contributed by atoms with Crippen LogP contribution in [0, 0.1) is 6.92 Å². The minimum atomic E-state index is -3.47. The van der Waals surface area contributed by atoms with E-state index in [0.29, 0.717) is 23.4 Å². The van der Waals surface area contributed by atoms with E-state index >= 15 is 0 Å². The van der Waals surface area contributed by atoms with E-state index in [1.807, 2.05) is 31.2 Å². The highest BCUT2D eigenvalue weighted by Crippen LogP contribution is 2.34. The predicted molar refractivity (Wildman–Crippen MR) is 91.1 cm³/mol. The van der Waals surface area contributed by atoms with Crippen LogP contribution >= 0.6 is 0 Å². The van der Waals surface area contributed by atoms with Gasteiger partial charge in [0.15, 0.2) is 0 Å². The van der Waals surface area contributed by atoms with Gasteiger partial charge in [0, 0.05) is 13.1 Å². The molecule has 2 aromatic rings. The van der Waals surface area contributed by atoms with Crippen molar-refractivity contribution in [3.05, 3.63) is 47.9 Å². The van der Waals surface area contributed by atoms with Crippen LogP contribution in [0.15, 0.2) is 45.7 Å². The summed E-state index contributed by atoms with van der Waals surface area (Å²) in [6.07, 6.45) is 1.42. The van der Waals surface area contributed by atoms with Crippen molar-refractivity contribution in [1.29, 1.82) is 0 Å². The second-order valence-electron chi connectivity index (χ2n) is 6.60. The van der Waals surface area contributed by atoms with Gasteiger partial charge in [0.1, 0.15) is 22.1 Å². The van der Waals surface area contributed by atoms with Crippen molar-refractivity contribution in [3.8, 4) is 0 Å². The fourth-order valence-corrected chi connectivity index (χ4v) is 5.06. The number of nitrogens with one attached hydrogen (secondary N) is 2. The summed E-state index contributed by atoms with van der Waals surface area (Å²) in [6.45, 7) is 4.30. The summed E-state index contributed by atoms with van der Waals surface area (Å²) >= 11 is 0. The van der Waals surface area contributed by atoms with Crippen molar-refractivity contribution < 1.29 is 12.8 Å². The minimum Gasteiger partial charge on any atom is -0.465 e. The maximum Gasteiger partial charge on any atom is 0.244 e. The number of sulfonamides is 1. The average Bonchev–Trinajstić information content (AvgIpc) is 2.94. The van der Waals surface area contributed by atoms with E-state index in [4.69, 9.17) is 4.42 Å². The number of likely N-dealkylation sites (tertiary alicyclic amines) is 1. The normalized spacial score (nSPS) is 22.0. The molecule has 0 radical (unpaired) electrons. The largest absolute Gasteiger partial charge is 0.465 e. The summed E-state index contributed by atoms with van der Waals surface area (Å²) < 4.78 is 33.6. The van der Waals surface area contributed by atoms with Crippen LogP contribution in [-0.4, -0.2) is 32.1 Å². The van der Waals surface area contributed by atoms with Gasteiger partial charge in [-0.05, 0) is 44.0 Å². The number of furan rings is 1. The Labute approximate surface area is 141 Å². The van der Waals surface area contributed by atoms with Crippen molar-refractivity contribution in [2.75, 3.05) is 18.4 Å². The van der Waals surface area contributed by atoms with E-state index in [-0.39, 0.29) is 0 Å². The molecule has 128 valence electrons. The zero-order valence-corrected chi connectivity index (χ0v) is 14.4. The Morgan fingerprint density at radius 2 is 1.92 bits per heavy atom. The zero-order chi connectivity index (χ0) is 16.8. The highest BCUT2D eigenvalue weighted by Gasteiger charge is 2.42. The minimum absolute atomic E-state index is 0.323. The number of aryl methyl sites for hydroxylation is 1. The van der Waals surface area contributed by atoms with Crippen LogP contribution in [0.4, 0.5) is 5.69 Å². The molecule has 1 spiro atoms. The molecule has 1 aromatic carbocycles. The standard InChI is InChI=1S/C17H21N3O3S/c1-13-6-7-14(23-13)12-20-10-8-17(9-11-20)18-15-4-2-3-5-16(15)24(21,22)19-17/h2-7,18-19H,8-12H2,1H3. The van der Waals surface area contributed by atoms with Gasteiger partial charge in [-0.15, -0.1) is 0 Å². The first-order valence-electron chi connectivity index (χ1n) is 8.15. The number of anilines is 1. The van der Waals surface area contributed by atoms with E-state index in [2.05, 4.69) is 14.9 Å². The summed E-state index contributed by atoms with van der Waals surface area (Å²) in [4.78, 5) is 2.61. The van der Waals surface area contributed by atoms with Crippen molar-refractivity contribution in [2.45, 2.75) is 36.9 Å². The van der Waals surface area contributed by atoms with Gasteiger partial charge in [0.2, 0.25) is 10.0 Å². The molecule has 2 aliphatic heterocycles. The molecule has 7 heteroatoms. The number of hydrogen-bond acceptors (Lipinski definition) is 5. The van der Waals surface area contributed by atoms with Crippen LogP contribution < -0.4 is 10.0 Å². The molecule has 4 rings (SSSR count). The van der Waals surface area contributed by atoms with Gasteiger partial charge in [-0.3, -0.25) is 4.90 Å². The Bertz CT molecular complexity index is 851. The van der Waals surface area contributed by atoms with Gasteiger partial charge in [-0.25, -0.2) is 8.42 Å². The molecule has 1 saturated heterocycles. The Kier molecular flexibility index (Phi) is 3.67. The molecule has 0 aliphatic carbocycles. The number of nitrogens with zero attached hydrogens (tertiary/aromatic N) is 1. The fraction of sp³-hybridized carbons (Fsp3) is 0.412. The molecule has 0 atom stereocenters. The van der Waals surface area contributed by atoms with Gasteiger partial charge in [0.05, 0.1) is 12.2 Å². The summed E-state index contributed by atoms with van der Waals surface area (Å²) in [5, 5.41) is 3.42. The molecule has 0 amide bonds. The highest BCUT2D eigenvalue weighted by atomic mass is 32.2. The van der Waals surface area contributed by atoms with Gasteiger partial charge in [-0.1, -0.05) is 12.1 Å². The Hall–Kier alpha value is -1.83. The van der Waals surface area contributed by atoms with E-state index < -0.39 is 15.7 Å². The molecular formula is C17H21N3O3S. The van der Waals surface area contributed by atoms with Gasteiger partial charge < -0.3 is 9.73 Å². The van der Waals surface area contributed by atoms with Crippen LogP contribution in [-0.2, 0) is 16.6 Å². The lowest BCUT2D eigenvalue weighted by atomic mass is 9.97. The Morgan fingerprint density at radius 3 is 2.62 bits per heavy atom. The average molecular weight is 347 g/mol. The zero-order valence-electron chi connectivity index (χ0n) is 13.6. The Balaban J connectivity index is 1.49. The van der Waals surface area contributed by atoms with E-state index in [1.165, 1.54) is 0 Å². The van der Waals surface area contributed by atoms with Crippen molar-refractivity contribution in [2.24, 2.45) is 0 Å². The lowest BCUT2D eigenvalue weighted by Crippen LogP contribution is -2.61. The van der Waals surface area contributed by atoms with Crippen LogP contribution in [0.2, 0.25) is 0 Å². The van der Waals surface area contributed by atoms with Gasteiger partial charge in [0.25, 0.3) is 0 Å². The Morgan fingerprint density at radius 1 is 1.17 bits per heavy atom. The fourth-order valence-electron chi connectivity index (χ4n) is 3.51. The smallest absolute Gasteiger partial charge is 0.244 e. The molecule has 0 unspecified atom stereocenters. The number of piperidine rings is 1. The quantitative estimate of drug-likeness (QED) is 0.872. The number of fused-ring (bicyclic) bond motifs is 1. The third kappa shape index (κ3) is 2.83. The first-order valence-corrected chi connectivity index (χ1v) is 9.63.